The normalized spacial score (nSPS) is 14.8. The van der Waals surface area contributed by atoms with E-state index in [-0.39, 0.29) is 5.97 Å². The minimum atomic E-state index is -0.329. The van der Waals surface area contributed by atoms with E-state index in [4.69, 9.17) is 9.26 Å². The van der Waals surface area contributed by atoms with Gasteiger partial charge in [-0.1, -0.05) is 11.2 Å². The number of esters is 1. The SMILES string of the molecule is CCOC(=O)c1ccc(N2CCN(CCCc3nc(-c4cccs4)no3)CC2)nc1. The van der Waals surface area contributed by atoms with Gasteiger partial charge in [0.25, 0.3) is 0 Å². The number of rotatable bonds is 8. The van der Waals surface area contributed by atoms with E-state index in [1.54, 1.807) is 30.5 Å². The van der Waals surface area contributed by atoms with E-state index in [0.717, 1.165) is 56.3 Å². The molecule has 0 aromatic carbocycles. The number of aromatic nitrogens is 3. The number of piperazine rings is 1. The number of thiophene rings is 1. The Bertz CT molecular complexity index is 934. The van der Waals surface area contributed by atoms with Gasteiger partial charge < -0.3 is 14.2 Å². The summed E-state index contributed by atoms with van der Waals surface area (Å²) in [6.45, 7) is 6.94. The molecule has 4 heterocycles. The average Bonchev–Trinajstić information content (AvgIpc) is 3.47. The minimum Gasteiger partial charge on any atom is -0.462 e. The summed E-state index contributed by atoms with van der Waals surface area (Å²) in [6, 6.07) is 7.65. The Hall–Kier alpha value is -2.78. The number of pyridine rings is 1. The van der Waals surface area contributed by atoms with Crippen LogP contribution in [0.25, 0.3) is 10.7 Å². The van der Waals surface area contributed by atoms with Crippen LogP contribution in [-0.4, -0.2) is 65.3 Å². The van der Waals surface area contributed by atoms with Crippen LogP contribution in [0.1, 0.15) is 29.6 Å². The second-order valence-corrected chi connectivity index (χ2v) is 7.99. The number of hydrogen-bond acceptors (Lipinski definition) is 9. The predicted molar refractivity (Wildman–Crippen MR) is 115 cm³/mol. The van der Waals surface area contributed by atoms with Crippen molar-refractivity contribution >= 4 is 23.1 Å². The first kappa shape index (κ1) is 20.5. The van der Waals surface area contributed by atoms with Gasteiger partial charge in [-0.25, -0.2) is 9.78 Å². The zero-order chi connectivity index (χ0) is 20.8. The molecular weight excluding hydrogens is 402 g/mol. The summed E-state index contributed by atoms with van der Waals surface area (Å²) >= 11 is 1.61. The Balaban J connectivity index is 1.20. The van der Waals surface area contributed by atoms with E-state index < -0.39 is 0 Å². The number of carbonyl (C=O) groups is 1. The van der Waals surface area contributed by atoms with Gasteiger partial charge in [0.15, 0.2) is 0 Å². The molecule has 3 aromatic rings. The summed E-state index contributed by atoms with van der Waals surface area (Å²) in [4.78, 5) is 26.4. The predicted octanol–water partition coefficient (Wildman–Crippen LogP) is 3.12. The molecule has 1 saturated heterocycles. The van der Waals surface area contributed by atoms with Crippen LogP contribution in [0.15, 0.2) is 40.4 Å². The van der Waals surface area contributed by atoms with Crippen LogP contribution in [0, 0.1) is 0 Å². The molecule has 1 fully saturated rings. The Labute approximate surface area is 179 Å². The van der Waals surface area contributed by atoms with Gasteiger partial charge >= 0.3 is 5.97 Å². The van der Waals surface area contributed by atoms with Crippen LogP contribution >= 0.6 is 11.3 Å². The topological polar surface area (TPSA) is 84.6 Å². The third-order valence-electron chi connectivity index (χ3n) is 5.03. The van der Waals surface area contributed by atoms with Gasteiger partial charge in [0.1, 0.15) is 5.82 Å². The molecule has 30 heavy (non-hydrogen) atoms. The Kier molecular flexibility index (Phi) is 6.70. The van der Waals surface area contributed by atoms with Crippen molar-refractivity contribution in [1.82, 2.24) is 20.0 Å². The first-order valence-corrected chi connectivity index (χ1v) is 11.1. The first-order valence-electron chi connectivity index (χ1n) is 10.2. The lowest BCUT2D eigenvalue weighted by Gasteiger charge is -2.35. The van der Waals surface area contributed by atoms with Crippen LogP contribution in [0.2, 0.25) is 0 Å². The highest BCUT2D eigenvalue weighted by molar-refractivity contribution is 7.13. The molecule has 0 radical (unpaired) electrons. The molecule has 158 valence electrons. The van der Waals surface area contributed by atoms with Gasteiger partial charge in [0, 0.05) is 38.8 Å². The maximum absolute atomic E-state index is 11.7. The molecule has 1 aliphatic heterocycles. The van der Waals surface area contributed by atoms with E-state index in [0.29, 0.717) is 23.9 Å². The highest BCUT2D eigenvalue weighted by atomic mass is 32.1. The smallest absolute Gasteiger partial charge is 0.339 e. The maximum Gasteiger partial charge on any atom is 0.339 e. The van der Waals surface area contributed by atoms with Gasteiger partial charge in [0.2, 0.25) is 11.7 Å². The molecule has 9 heteroatoms. The molecule has 4 rings (SSSR count). The molecule has 0 bridgehead atoms. The summed E-state index contributed by atoms with van der Waals surface area (Å²) in [5, 5.41) is 6.07. The molecule has 0 atom stereocenters. The fraction of sp³-hybridized carbons (Fsp3) is 0.429. The van der Waals surface area contributed by atoms with Gasteiger partial charge in [0.05, 0.1) is 17.0 Å². The zero-order valence-corrected chi connectivity index (χ0v) is 17.8. The lowest BCUT2D eigenvalue weighted by atomic mass is 10.2. The van der Waals surface area contributed by atoms with Crippen LogP contribution < -0.4 is 4.90 Å². The standard InChI is InChI=1S/C21H25N5O3S/c1-2-28-21(27)16-7-8-18(22-15-16)26-12-10-25(11-13-26)9-3-6-19-23-20(24-29-19)17-5-4-14-30-17/h4-5,7-8,14-15H,2-3,6,9-13H2,1H3. The summed E-state index contributed by atoms with van der Waals surface area (Å²) in [6.07, 6.45) is 3.36. The van der Waals surface area contributed by atoms with Crippen molar-refractivity contribution < 1.29 is 14.1 Å². The van der Waals surface area contributed by atoms with E-state index in [1.807, 2.05) is 23.6 Å². The van der Waals surface area contributed by atoms with Gasteiger partial charge in [-0.05, 0) is 43.5 Å². The van der Waals surface area contributed by atoms with Crippen molar-refractivity contribution in [2.24, 2.45) is 0 Å². The summed E-state index contributed by atoms with van der Waals surface area (Å²) in [7, 11) is 0. The number of anilines is 1. The van der Waals surface area contributed by atoms with Gasteiger partial charge in [-0.3, -0.25) is 4.90 Å². The fourth-order valence-electron chi connectivity index (χ4n) is 3.43. The van der Waals surface area contributed by atoms with Crippen molar-refractivity contribution in [3.63, 3.8) is 0 Å². The van der Waals surface area contributed by atoms with Crippen molar-refractivity contribution in [3.05, 3.63) is 47.3 Å². The van der Waals surface area contributed by atoms with Crippen molar-refractivity contribution in [1.29, 1.82) is 0 Å². The lowest BCUT2D eigenvalue weighted by molar-refractivity contribution is 0.0526. The summed E-state index contributed by atoms with van der Waals surface area (Å²) in [5.41, 5.74) is 0.488. The second-order valence-electron chi connectivity index (χ2n) is 7.05. The molecule has 3 aromatic heterocycles. The number of ether oxygens (including phenoxy) is 1. The maximum atomic E-state index is 11.7. The highest BCUT2D eigenvalue weighted by Crippen LogP contribution is 2.21. The third-order valence-corrected chi connectivity index (χ3v) is 5.90. The van der Waals surface area contributed by atoms with Crippen LogP contribution in [0.3, 0.4) is 0 Å². The van der Waals surface area contributed by atoms with E-state index in [1.165, 1.54) is 0 Å². The first-order chi connectivity index (χ1) is 14.7. The van der Waals surface area contributed by atoms with E-state index in [9.17, 15) is 4.79 Å². The molecular formula is C21H25N5O3S. The van der Waals surface area contributed by atoms with E-state index >= 15 is 0 Å². The van der Waals surface area contributed by atoms with Gasteiger partial charge in [-0.2, -0.15) is 4.98 Å². The average molecular weight is 428 g/mol. The van der Waals surface area contributed by atoms with E-state index in [2.05, 4.69) is 24.9 Å². The molecule has 0 aliphatic carbocycles. The minimum absolute atomic E-state index is 0.329. The molecule has 0 spiro atoms. The van der Waals surface area contributed by atoms with Crippen LogP contribution in [0.4, 0.5) is 5.82 Å². The van der Waals surface area contributed by atoms with Crippen LogP contribution in [-0.2, 0) is 11.2 Å². The van der Waals surface area contributed by atoms with Crippen LogP contribution in [0.5, 0.6) is 0 Å². The molecule has 0 amide bonds. The number of nitrogens with zero attached hydrogens (tertiary/aromatic N) is 5. The Morgan fingerprint density at radius 2 is 2.10 bits per heavy atom. The van der Waals surface area contributed by atoms with Crippen molar-refractivity contribution in [3.8, 4) is 10.7 Å². The number of aryl methyl sites for hydroxylation is 1. The molecule has 8 nitrogen and oxygen atoms in total. The summed E-state index contributed by atoms with van der Waals surface area (Å²) < 4.78 is 10.4. The molecule has 0 unspecified atom stereocenters. The van der Waals surface area contributed by atoms with Crippen molar-refractivity contribution in [2.75, 3.05) is 44.2 Å². The Morgan fingerprint density at radius 1 is 1.23 bits per heavy atom. The largest absolute Gasteiger partial charge is 0.462 e. The summed E-state index contributed by atoms with van der Waals surface area (Å²) in [5.74, 6) is 1.94. The second kappa shape index (κ2) is 9.82. The fourth-order valence-corrected chi connectivity index (χ4v) is 4.07. The zero-order valence-electron chi connectivity index (χ0n) is 17.0. The molecule has 0 saturated carbocycles. The highest BCUT2D eigenvalue weighted by Gasteiger charge is 2.19. The lowest BCUT2D eigenvalue weighted by Crippen LogP contribution is -2.47. The molecule has 0 N–H and O–H groups in total. The third kappa shape index (κ3) is 5.03. The quantitative estimate of drug-likeness (QED) is 0.507. The van der Waals surface area contributed by atoms with Gasteiger partial charge in [-0.15, -0.1) is 11.3 Å². The number of carbonyl (C=O) groups excluding carboxylic acids is 1. The number of hydrogen-bond donors (Lipinski definition) is 0. The molecule has 1 aliphatic rings. The van der Waals surface area contributed by atoms with Crippen molar-refractivity contribution in [2.45, 2.75) is 19.8 Å². The monoisotopic (exact) mass is 427 g/mol. The Morgan fingerprint density at radius 3 is 2.80 bits per heavy atom.